The molecule has 0 aliphatic rings. The molecule has 0 unspecified atom stereocenters. The summed E-state index contributed by atoms with van der Waals surface area (Å²) < 4.78 is 25.7. The molecule has 0 heterocycles. The molecule has 0 amide bonds. The molecule has 0 spiro atoms. The summed E-state index contributed by atoms with van der Waals surface area (Å²) in [5, 5.41) is 0. The van der Waals surface area contributed by atoms with E-state index in [9.17, 15) is 8.42 Å². The topological polar surface area (TPSA) is 63.4 Å². The van der Waals surface area contributed by atoms with Crippen molar-refractivity contribution >= 4 is 43.2 Å². The molecule has 0 fully saturated rings. The van der Waals surface area contributed by atoms with Crippen LogP contribution in [0.1, 0.15) is 5.56 Å². The molecule has 1 aromatic rings. The first-order valence-corrected chi connectivity index (χ1v) is 7.59. The van der Waals surface area contributed by atoms with Gasteiger partial charge in [0.15, 0.2) is 0 Å². The second-order valence-electron chi connectivity index (χ2n) is 3.61. The van der Waals surface area contributed by atoms with Gasteiger partial charge in [-0.2, -0.15) is 0 Å². The molecule has 2 N–H and O–H groups in total. The Bertz CT molecular complexity index is 517. The van der Waals surface area contributed by atoms with Crippen molar-refractivity contribution in [3.63, 3.8) is 0 Å². The van der Waals surface area contributed by atoms with E-state index in [4.69, 9.17) is 5.73 Å². The number of thiocarbonyl (C=S) groups is 1. The summed E-state index contributed by atoms with van der Waals surface area (Å²) in [6.45, 7) is 0.296. The van der Waals surface area contributed by atoms with Gasteiger partial charge in [0.05, 0.1) is 4.99 Å². The lowest BCUT2D eigenvalue weighted by Crippen LogP contribution is -2.33. The van der Waals surface area contributed by atoms with Crippen LogP contribution in [0.5, 0.6) is 0 Å². The summed E-state index contributed by atoms with van der Waals surface area (Å²) in [5.41, 5.74) is 6.15. The number of nitrogens with zero attached hydrogens (tertiary/aromatic N) is 1. The third kappa shape index (κ3) is 4.71. The van der Waals surface area contributed by atoms with Gasteiger partial charge in [-0.05, 0) is 17.7 Å². The van der Waals surface area contributed by atoms with E-state index in [1.54, 1.807) is 0 Å². The van der Waals surface area contributed by atoms with E-state index < -0.39 is 10.0 Å². The Labute approximate surface area is 115 Å². The Kier molecular flexibility index (Phi) is 5.05. The van der Waals surface area contributed by atoms with Crippen LogP contribution in [0.2, 0.25) is 0 Å². The highest BCUT2D eigenvalue weighted by molar-refractivity contribution is 9.10. The van der Waals surface area contributed by atoms with Crippen molar-refractivity contribution < 1.29 is 8.42 Å². The first kappa shape index (κ1) is 14.6. The summed E-state index contributed by atoms with van der Waals surface area (Å²) in [4.78, 5) is -0.0221. The van der Waals surface area contributed by atoms with Crippen LogP contribution in [0.4, 0.5) is 0 Å². The molecule has 4 nitrogen and oxygen atoms in total. The van der Waals surface area contributed by atoms with Crippen molar-refractivity contribution in [2.45, 2.75) is 6.54 Å². The van der Waals surface area contributed by atoms with E-state index in [0.29, 0.717) is 6.54 Å². The number of halogens is 1. The second-order valence-corrected chi connectivity index (χ2v) is 7.12. The predicted octanol–water partition coefficient (Wildman–Crippen LogP) is 1.50. The maximum atomic E-state index is 11.8. The van der Waals surface area contributed by atoms with E-state index in [-0.39, 0.29) is 10.7 Å². The van der Waals surface area contributed by atoms with Gasteiger partial charge in [-0.15, -0.1) is 0 Å². The molecular weight excluding hydrogens is 324 g/mol. The number of benzene rings is 1. The molecule has 0 atom stereocenters. The molecular formula is C10H13BrN2O2S2. The zero-order chi connectivity index (χ0) is 13.1. The average molecular weight is 337 g/mol. The van der Waals surface area contributed by atoms with Crippen molar-refractivity contribution in [3.05, 3.63) is 34.3 Å². The summed E-state index contributed by atoms with van der Waals surface area (Å²) >= 11 is 7.95. The van der Waals surface area contributed by atoms with Gasteiger partial charge >= 0.3 is 0 Å². The smallest absolute Gasteiger partial charge is 0.220 e. The summed E-state index contributed by atoms with van der Waals surface area (Å²) in [6, 6.07) is 7.46. The normalized spacial score (nSPS) is 11.7. The van der Waals surface area contributed by atoms with Gasteiger partial charge in [0.1, 0.15) is 5.75 Å². The average Bonchev–Trinajstić information content (AvgIpc) is 2.15. The van der Waals surface area contributed by atoms with Crippen LogP contribution in [0.15, 0.2) is 28.7 Å². The Balaban J connectivity index is 2.79. The molecule has 7 heteroatoms. The maximum Gasteiger partial charge on any atom is 0.220 e. The number of rotatable bonds is 5. The Morgan fingerprint density at radius 1 is 1.53 bits per heavy atom. The largest absolute Gasteiger partial charge is 0.392 e. The minimum Gasteiger partial charge on any atom is -0.392 e. The lowest BCUT2D eigenvalue weighted by atomic mass is 10.2. The van der Waals surface area contributed by atoms with Crippen LogP contribution in [-0.4, -0.2) is 30.5 Å². The van der Waals surface area contributed by atoms with Gasteiger partial charge in [-0.1, -0.05) is 40.3 Å². The first-order chi connectivity index (χ1) is 7.81. The predicted molar refractivity (Wildman–Crippen MR) is 76.2 cm³/mol. The van der Waals surface area contributed by atoms with Gasteiger partial charge in [-0.3, -0.25) is 0 Å². The molecule has 17 heavy (non-hydrogen) atoms. The highest BCUT2D eigenvalue weighted by atomic mass is 79.9. The molecule has 0 bridgehead atoms. The third-order valence-electron chi connectivity index (χ3n) is 2.09. The third-order valence-corrected chi connectivity index (χ3v) is 4.67. The van der Waals surface area contributed by atoms with Crippen LogP contribution >= 0.6 is 28.1 Å². The molecule has 94 valence electrons. The minimum atomic E-state index is -3.42. The van der Waals surface area contributed by atoms with Gasteiger partial charge in [0.25, 0.3) is 0 Å². The lowest BCUT2D eigenvalue weighted by molar-refractivity contribution is 0.470. The highest BCUT2D eigenvalue weighted by Gasteiger charge is 2.18. The molecule has 0 saturated carbocycles. The van der Waals surface area contributed by atoms with Crippen LogP contribution in [-0.2, 0) is 16.6 Å². The molecule has 0 aliphatic carbocycles. The van der Waals surface area contributed by atoms with Gasteiger partial charge in [0.2, 0.25) is 10.0 Å². The van der Waals surface area contributed by atoms with Crippen LogP contribution in [0.25, 0.3) is 0 Å². The fourth-order valence-corrected chi connectivity index (χ4v) is 3.10. The molecule has 0 aliphatic heterocycles. The SMILES string of the molecule is CN(Cc1cccc(Br)c1)S(=O)(=O)CC(N)=S. The van der Waals surface area contributed by atoms with E-state index in [2.05, 4.69) is 28.1 Å². The lowest BCUT2D eigenvalue weighted by Gasteiger charge is -2.16. The van der Waals surface area contributed by atoms with Gasteiger partial charge in [-0.25, -0.2) is 12.7 Å². The van der Waals surface area contributed by atoms with E-state index in [1.807, 2.05) is 24.3 Å². The molecule has 1 rings (SSSR count). The van der Waals surface area contributed by atoms with Gasteiger partial charge < -0.3 is 5.73 Å². The van der Waals surface area contributed by atoms with E-state index in [0.717, 1.165) is 10.0 Å². The minimum absolute atomic E-state index is 0.0221. The van der Waals surface area contributed by atoms with Gasteiger partial charge in [0, 0.05) is 18.1 Å². The second kappa shape index (κ2) is 5.90. The highest BCUT2D eigenvalue weighted by Crippen LogP contribution is 2.14. The standard InChI is InChI=1S/C10H13BrN2O2S2/c1-13(17(14,15)7-10(12)16)6-8-3-2-4-9(11)5-8/h2-5H,6-7H2,1H3,(H2,12,16). The maximum absolute atomic E-state index is 11.8. The van der Waals surface area contributed by atoms with Crippen molar-refractivity contribution in [1.82, 2.24) is 4.31 Å². The number of sulfonamides is 1. The fourth-order valence-electron chi connectivity index (χ4n) is 1.28. The zero-order valence-electron chi connectivity index (χ0n) is 9.26. The van der Waals surface area contributed by atoms with E-state index in [1.165, 1.54) is 11.4 Å². The van der Waals surface area contributed by atoms with E-state index >= 15 is 0 Å². The quantitative estimate of drug-likeness (QED) is 0.827. The number of nitrogens with two attached hydrogens (primary N) is 1. The fraction of sp³-hybridized carbons (Fsp3) is 0.300. The van der Waals surface area contributed by atoms with Crippen molar-refractivity contribution in [2.75, 3.05) is 12.8 Å². The number of hydrogen-bond acceptors (Lipinski definition) is 3. The zero-order valence-corrected chi connectivity index (χ0v) is 12.5. The molecule has 0 saturated heterocycles. The molecule has 0 radical (unpaired) electrons. The van der Waals surface area contributed by atoms with Crippen molar-refractivity contribution in [2.24, 2.45) is 5.73 Å². The Hall–Kier alpha value is -0.500. The van der Waals surface area contributed by atoms with Crippen molar-refractivity contribution in [1.29, 1.82) is 0 Å². The van der Waals surface area contributed by atoms with Crippen molar-refractivity contribution in [3.8, 4) is 0 Å². The Morgan fingerprint density at radius 3 is 2.71 bits per heavy atom. The first-order valence-electron chi connectivity index (χ1n) is 4.78. The molecule has 0 aromatic heterocycles. The molecule has 1 aromatic carbocycles. The monoisotopic (exact) mass is 336 g/mol. The Morgan fingerprint density at radius 2 is 2.18 bits per heavy atom. The summed E-state index contributed by atoms with van der Waals surface area (Å²) in [6.07, 6.45) is 0. The number of hydrogen-bond donors (Lipinski definition) is 1. The van der Waals surface area contributed by atoms with Crippen LogP contribution in [0.3, 0.4) is 0 Å². The summed E-state index contributed by atoms with van der Waals surface area (Å²) in [5.74, 6) is -0.299. The van der Waals surface area contributed by atoms with Crippen LogP contribution in [0, 0.1) is 0 Å². The van der Waals surface area contributed by atoms with Crippen LogP contribution < -0.4 is 5.73 Å². The summed E-state index contributed by atoms with van der Waals surface area (Å²) in [7, 11) is -1.91.